The van der Waals surface area contributed by atoms with Gasteiger partial charge in [-0.15, -0.1) is 0 Å². The normalized spacial score (nSPS) is 12.6. The molecule has 6 heteroatoms. The highest BCUT2D eigenvalue weighted by molar-refractivity contribution is 7.99. The van der Waals surface area contributed by atoms with Crippen LogP contribution < -0.4 is 5.23 Å². The third-order valence-electron chi connectivity index (χ3n) is 3.73. The summed E-state index contributed by atoms with van der Waals surface area (Å²) in [5.74, 6) is 0. The molecule has 0 radical (unpaired) electrons. The minimum Gasteiger partial charge on any atom is -0.595 e. The molecule has 0 bridgehead atoms. The van der Waals surface area contributed by atoms with Gasteiger partial charge in [0.25, 0.3) is 0 Å². The molecule has 4 aromatic rings. The Morgan fingerprint density at radius 1 is 0.875 bits per heavy atom. The van der Waals surface area contributed by atoms with Crippen molar-refractivity contribution < 1.29 is 10.4 Å². The number of nitrogens with one attached hydrogen (secondary N) is 1. The van der Waals surface area contributed by atoms with Crippen LogP contribution in [0.2, 0.25) is 0 Å². The zero-order valence-electron chi connectivity index (χ0n) is 12.5. The molecule has 1 atom stereocenters. The van der Waals surface area contributed by atoms with Crippen molar-refractivity contribution in [1.29, 1.82) is 0 Å². The van der Waals surface area contributed by atoms with Crippen LogP contribution in [-0.4, -0.2) is 15.2 Å². The van der Waals surface area contributed by atoms with Crippen molar-refractivity contribution in [2.75, 3.05) is 0 Å². The van der Waals surface area contributed by atoms with Crippen LogP contribution in [0.25, 0.3) is 21.8 Å². The number of hydrogen-bond donors (Lipinski definition) is 2. The van der Waals surface area contributed by atoms with Crippen LogP contribution in [-0.2, 0) is 0 Å². The lowest BCUT2D eigenvalue weighted by atomic mass is 10.1. The summed E-state index contributed by atoms with van der Waals surface area (Å²) >= 11 is 1.52. The van der Waals surface area contributed by atoms with E-state index < -0.39 is 5.23 Å². The van der Waals surface area contributed by atoms with E-state index in [1.54, 1.807) is 12.1 Å². The molecular formula is C18H13N3O2S. The molecule has 0 aliphatic heterocycles. The number of nitrogens with zero attached hydrogens (tertiary/aromatic N) is 2. The number of quaternary nitrogens is 1. The average Bonchev–Trinajstić information content (AvgIpc) is 2.62. The molecule has 0 spiro atoms. The molecule has 2 heterocycles. The Balaban J connectivity index is 1.87. The van der Waals surface area contributed by atoms with E-state index in [-0.39, 0.29) is 5.69 Å². The third kappa shape index (κ3) is 2.72. The second kappa shape index (κ2) is 6.18. The van der Waals surface area contributed by atoms with Crippen molar-refractivity contribution in [2.45, 2.75) is 9.92 Å². The van der Waals surface area contributed by atoms with Gasteiger partial charge in [0.15, 0.2) is 5.69 Å². The maximum atomic E-state index is 11.0. The Morgan fingerprint density at radius 3 is 2.04 bits per heavy atom. The van der Waals surface area contributed by atoms with Gasteiger partial charge in [0.05, 0.1) is 17.2 Å². The van der Waals surface area contributed by atoms with Crippen molar-refractivity contribution in [3.05, 3.63) is 72.1 Å². The molecule has 2 aromatic heterocycles. The van der Waals surface area contributed by atoms with E-state index in [0.717, 1.165) is 31.7 Å². The number of pyridine rings is 2. The predicted octanol–water partition coefficient (Wildman–Crippen LogP) is 3.34. The smallest absolute Gasteiger partial charge is 0.182 e. The van der Waals surface area contributed by atoms with Gasteiger partial charge < -0.3 is 5.21 Å². The standard InChI is InChI=1S/C18H13N3O2S/c22-21(23)12-9-10-17(19-11-12)24-18-13-5-1-3-7-15(13)20-16-8-4-2-6-14(16)18/h1-11,21-22H. The van der Waals surface area contributed by atoms with Gasteiger partial charge >= 0.3 is 0 Å². The van der Waals surface area contributed by atoms with Crippen LogP contribution in [0.3, 0.4) is 0 Å². The topological polar surface area (TPSA) is 73.5 Å². The number of hydrogen-bond acceptors (Lipinski definition) is 5. The first kappa shape index (κ1) is 15.0. The van der Waals surface area contributed by atoms with E-state index in [9.17, 15) is 5.21 Å². The summed E-state index contributed by atoms with van der Waals surface area (Å²) < 4.78 is 0. The van der Waals surface area contributed by atoms with E-state index in [2.05, 4.69) is 4.98 Å². The number of benzene rings is 2. The summed E-state index contributed by atoms with van der Waals surface area (Å²) in [4.78, 5) is 10.1. The molecule has 2 N–H and O–H groups in total. The molecule has 4 rings (SSSR count). The first-order valence-electron chi connectivity index (χ1n) is 7.37. The predicted molar refractivity (Wildman–Crippen MR) is 93.4 cm³/mol. The van der Waals surface area contributed by atoms with Crippen LogP contribution in [0, 0.1) is 5.21 Å². The fourth-order valence-electron chi connectivity index (χ4n) is 2.58. The summed E-state index contributed by atoms with van der Waals surface area (Å²) in [6.45, 7) is 0. The van der Waals surface area contributed by atoms with Crippen molar-refractivity contribution in [1.82, 2.24) is 9.97 Å². The quantitative estimate of drug-likeness (QED) is 0.444. The van der Waals surface area contributed by atoms with Gasteiger partial charge in [-0.25, -0.2) is 15.2 Å². The Bertz CT molecular complexity index is 966. The van der Waals surface area contributed by atoms with Gasteiger partial charge in [-0.1, -0.05) is 48.2 Å². The van der Waals surface area contributed by atoms with Crippen LogP contribution in [0.1, 0.15) is 0 Å². The molecule has 0 aliphatic carbocycles. The molecule has 0 fully saturated rings. The summed E-state index contributed by atoms with van der Waals surface area (Å²) in [5.41, 5.74) is 2.05. The van der Waals surface area contributed by atoms with Gasteiger partial charge in [0.1, 0.15) is 5.03 Å². The van der Waals surface area contributed by atoms with E-state index >= 15 is 0 Å². The Labute approximate surface area is 142 Å². The van der Waals surface area contributed by atoms with Gasteiger partial charge in [0, 0.05) is 21.7 Å². The molecule has 1 unspecified atom stereocenters. The lowest BCUT2D eigenvalue weighted by Gasteiger charge is -2.12. The lowest BCUT2D eigenvalue weighted by Crippen LogP contribution is -2.99. The van der Waals surface area contributed by atoms with Crippen LogP contribution in [0.4, 0.5) is 5.69 Å². The molecular weight excluding hydrogens is 322 g/mol. The van der Waals surface area contributed by atoms with Gasteiger partial charge in [-0.2, -0.15) is 5.23 Å². The largest absolute Gasteiger partial charge is 0.595 e. The Kier molecular flexibility index (Phi) is 3.87. The van der Waals surface area contributed by atoms with Crippen molar-refractivity contribution in [3.63, 3.8) is 0 Å². The summed E-state index contributed by atoms with van der Waals surface area (Å²) in [6.07, 6.45) is 1.39. The number of aromatic nitrogens is 2. The minimum atomic E-state index is -0.973. The highest BCUT2D eigenvalue weighted by atomic mass is 32.2. The van der Waals surface area contributed by atoms with Crippen LogP contribution >= 0.6 is 11.8 Å². The number of fused-ring (bicyclic) bond motifs is 2. The number of rotatable bonds is 3. The molecule has 0 amide bonds. The molecule has 24 heavy (non-hydrogen) atoms. The molecule has 0 saturated heterocycles. The molecule has 0 aliphatic rings. The van der Waals surface area contributed by atoms with Gasteiger partial charge in [0.2, 0.25) is 0 Å². The molecule has 5 nitrogen and oxygen atoms in total. The highest BCUT2D eigenvalue weighted by Gasteiger charge is 2.11. The zero-order chi connectivity index (χ0) is 16.5. The summed E-state index contributed by atoms with van der Waals surface area (Å²) in [6, 6.07) is 19.3. The minimum absolute atomic E-state index is 0.184. The van der Waals surface area contributed by atoms with Crippen LogP contribution in [0.15, 0.2) is 76.8 Å². The third-order valence-corrected chi connectivity index (χ3v) is 4.82. The van der Waals surface area contributed by atoms with Crippen molar-refractivity contribution in [2.24, 2.45) is 0 Å². The first-order chi connectivity index (χ1) is 11.7. The first-order valence-corrected chi connectivity index (χ1v) is 8.19. The molecule has 118 valence electrons. The summed E-state index contributed by atoms with van der Waals surface area (Å²) in [5, 5.41) is 21.9. The Hall–Kier alpha value is -2.51. The monoisotopic (exact) mass is 335 g/mol. The van der Waals surface area contributed by atoms with Gasteiger partial charge in [-0.3, -0.25) is 0 Å². The second-order valence-corrected chi connectivity index (χ2v) is 6.30. The Morgan fingerprint density at radius 2 is 1.50 bits per heavy atom. The number of para-hydroxylation sites is 2. The average molecular weight is 335 g/mol. The maximum Gasteiger partial charge on any atom is 0.182 e. The highest BCUT2D eigenvalue weighted by Crippen LogP contribution is 2.37. The van der Waals surface area contributed by atoms with Crippen molar-refractivity contribution in [3.8, 4) is 0 Å². The molecule has 2 aromatic carbocycles. The maximum absolute atomic E-state index is 11.0. The van der Waals surface area contributed by atoms with Crippen molar-refractivity contribution >= 4 is 39.3 Å². The van der Waals surface area contributed by atoms with E-state index in [4.69, 9.17) is 10.2 Å². The summed E-state index contributed by atoms with van der Waals surface area (Å²) in [7, 11) is 0. The lowest BCUT2D eigenvalue weighted by molar-refractivity contribution is -0.991. The zero-order valence-corrected chi connectivity index (χ0v) is 13.3. The molecule has 0 saturated carbocycles. The van der Waals surface area contributed by atoms with Crippen LogP contribution in [0.5, 0.6) is 0 Å². The van der Waals surface area contributed by atoms with E-state index in [1.165, 1.54) is 18.0 Å². The van der Waals surface area contributed by atoms with Gasteiger partial charge in [-0.05, 0) is 18.2 Å². The van der Waals surface area contributed by atoms with E-state index in [0.29, 0.717) is 0 Å². The van der Waals surface area contributed by atoms with E-state index in [1.807, 2.05) is 48.5 Å². The SMILES string of the molecule is [O-][NH+](O)c1ccc(Sc2c3ccccc3nc3ccccc23)nc1. The fourth-order valence-corrected chi connectivity index (χ4v) is 3.60. The second-order valence-electron chi connectivity index (χ2n) is 5.27. The fraction of sp³-hybridized carbons (Fsp3) is 0.